The van der Waals surface area contributed by atoms with Gasteiger partial charge in [-0.25, -0.2) is 0 Å². The van der Waals surface area contributed by atoms with Gasteiger partial charge in [0.25, 0.3) is 0 Å². The van der Waals surface area contributed by atoms with Crippen LogP contribution in [0.4, 0.5) is 0 Å². The van der Waals surface area contributed by atoms with Crippen LogP contribution in [0.1, 0.15) is 5.69 Å². The molecule has 248 valence electrons. The van der Waals surface area contributed by atoms with Gasteiger partial charge in [-0.3, -0.25) is 43.8 Å². The van der Waals surface area contributed by atoms with Gasteiger partial charge < -0.3 is 21.3 Å². The van der Waals surface area contributed by atoms with Gasteiger partial charge in [0.2, 0.25) is 23.6 Å². The molecule has 1 saturated heterocycles. The van der Waals surface area contributed by atoms with E-state index < -0.39 is 0 Å². The molecule has 0 aliphatic carbocycles. The zero-order valence-electron chi connectivity index (χ0n) is 27.2. The SMILES string of the molecule is CNC(=O)CN1CCN(CC(=O)NC)CCN(CC(=O)NCc2nc3ccccc3c3ccccc23)CCN(CC(=O)NC)CC1. The van der Waals surface area contributed by atoms with Gasteiger partial charge in [-0.15, -0.1) is 0 Å². The number of para-hydroxylation sites is 1. The van der Waals surface area contributed by atoms with Crippen LogP contribution >= 0.6 is 0 Å². The maximum absolute atomic E-state index is 13.4. The van der Waals surface area contributed by atoms with Crippen LogP contribution in [0.2, 0.25) is 0 Å². The average Bonchev–Trinajstić information content (AvgIpc) is 3.07. The van der Waals surface area contributed by atoms with Gasteiger partial charge in [-0.1, -0.05) is 42.5 Å². The predicted molar refractivity (Wildman–Crippen MR) is 179 cm³/mol. The second-order valence-electron chi connectivity index (χ2n) is 11.5. The first-order chi connectivity index (χ1) is 22.3. The normalized spacial score (nSPS) is 16.3. The van der Waals surface area contributed by atoms with Crippen molar-refractivity contribution in [3.8, 4) is 0 Å². The molecule has 1 aliphatic heterocycles. The Labute approximate surface area is 270 Å². The van der Waals surface area contributed by atoms with Crippen LogP contribution in [0, 0.1) is 0 Å². The van der Waals surface area contributed by atoms with E-state index in [1.807, 2.05) is 41.3 Å². The molecule has 3 aromatic rings. The summed E-state index contributed by atoms with van der Waals surface area (Å²) in [7, 11) is 4.84. The van der Waals surface area contributed by atoms with Gasteiger partial charge in [-0.2, -0.15) is 0 Å². The monoisotopic (exact) mass is 633 g/mol. The first-order valence-corrected chi connectivity index (χ1v) is 15.8. The molecule has 0 saturated carbocycles. The summed E-state index contributed by atoms with van der Waals surface area (Å²) < 4.78 is 0. The second-order valence-corrected chi connectivity index (χ2v) is 11.5. The molecule has 46 heavy (non-hydrogen) atoms. The van der Waals surface area contributed by atoms with Gasteiger partial charge >= 0.3 is 0 Å². The Bertz CT molecular complexity index is 1470. The van der Waals surface area contributed by atoms with Crippen LogP contribution < -0.4 is 21.3 Å². The van der Waals surface area contributed by atoms with Crippen molar-refractivity contribution in [3.05, 3.63) is 54.2 Å². The van der Waals surface area contributed by atoms with Crippen molar-refractivity contribution in [3.63, 3.8) is 0 Å². The third kappa shape index (κ3) is 10.2. The van der Waals surface area contributed by atoms with Crippen LogP contribution in [0.3, 0.4) is 0 Å². The van der Waals surface area contributed by atoms with Crippen LogP contribution in [0.15, 0.2) is 48.5 Å². The molecule has 1 fully saturated rings. The zero-order chi connectivity index (χ0) is 32.9. The maximum atomic E-state index is 13.4. The van der Waals surface area contributed by atoms with Gasteiger partial charge in [0.15, 0.2) is 0 Å². The van der Waals surface area contributed by atoms with E-state index in [9.17, 15) is 19.2 Å². The highest BCUT2D eigenvalue weighted by Crippen LogP contribution is 2.26. The summed E-state index contributed by atoms with van der Waals surface area (Å²) in [5, 5.41) is 14.3. The second kappa shape index (κ2) is 17.5. The van der Waals surface area contributed by atoms with E-state index in [1.54, 1.807) is 21.1 Å². The van der Waals surface area contributed by atoms with E-state index in [2.05, 4.69) is 48.1 Å². The van der Waals surface area contributed by atoms with E-state index in [-0.39, 0.29) is 49.8 Å². The van der Waals surface area contributed by atoms with Crippen molar-refractivity contribution in [2.75, 3.05) is 99.7 Å². The smallest absolute Gasteiger partial charge is 0.234 e. The molecule has 0 radical (unpaired) electrons. The molecule has 13 heteroatoms. The van der Waals surface area contributed by atoms with Gasteiger partial charge in [0.05, 0.1) is 43.9 Å². The lowest BCUT2D eigenvalue weighted by Crippen LogP contribution is -2.51. The molecule has 4 N–H and O–H groups in total. The highest BCUT2D eigenvalue weighted by molar-refractivity contribution is 6.06. The van der Waals surface area contributed by atoms with E-state index in [1.165, 1.54) is 0 Å². The summed E-state index contributed by atoms with van der Waals surface area (Å²) in [6.07, 6.45) is 0. The fraction of sp³-hybridized carbons (Fsp3) is 0.485. The number of amides is 4. The highest BCUT2D eigenvalue weighted by Gasteiger charge is 2.21. The number of nitrogens with one attached hydrogen (secondary N) is 4. The van der Waals surface area contributed by atoms with Gasteiger partial charge in [0, 0.05) is 84.3 Å². The topological polar surface area (TPSA) is 142 Å². The predicted octanol–water partition coefficient (Wildman–Crippen LogP) is -0.536. The van der Waals surface area contributed by atoms with Crippen molar-refractivity contribution in [2.24, 2.45) is 0 Å². The third-order valence-electron chi connectivity index (χ3n) is 8.38. The number of rotatable bonds is 10. The molecule has 2 heterocycles. The number of nitrogens with zero attached hydrogens (tertiary/aromatic N) is 5. The Hall–Kier alpha value is -4.17. The van der Waals surface area contributed by atoms with Crippen molar-refractivity contribution >= 4 is 45.3 Å². The molecular formula is C33H47N9O4. The fourth-order valence-corrected chi connectivity index (χ4v) is 5.61. The van der Waals surface area contributed by atoms with Gasteiger partial charge in [-0.05, 0) is 11.5 Å². The van der Waals surface area contributed by atoms with Crippen molar-refractivity contribution in [1.82, 2.24) is 45.9 Å². The largest absolute Gasteiger partial charge is 0.358 e. The number of aromatic nitrogens is 1. The van der Waals surface area contributed by atoms with Crippen LogP contribution in [-0.4, -0.2) is 148 Å². The molecule has 0 bridgehead atoms. The molecular weight excluding hydrogens is 586 g/mol. The number of benzene rings is 2. The summed E-state index contributed by atoms with van der Waals surface area (Å²) in [5.74, 6) is -0.410. The quantitative estimate of drug-likeness (QED) is 0.217. The Balaban J connectivity index is 1.47. The van der Waals surface area contributed by atoms with E-state index in [0.717, 1.165) is 27.4 Å². The molecule has 0 unspecified atom stereocenters. The highest BCUT2D eigenvalue weighted by atomic mass is 16.2. The number of carbonyl (C=O) groups is 4. The molecule has 0 spiro atoms. The lowest BCUT2D eigenvalue weighted by Gasteiger charge is -2.33. The number of hydrogen-bond donors (Lipinski definition) is 4. The Kier molecular flexibility index (Phi) is 13.2. The third-order valence-corrected chi connectivity index (χ3v) is 8.38. The van der Waals surface area contributed by atoms with E-state index >= 15 is 0 Å². The summed E-state index contributed by atoms with van der Waals surface area (Å²) in [6, 6.07) is 16.1. The fourth-order valence-electron chi connectivity index (χ4n) is 5.61. The van der Waals surface area contributed by atoms with E-state index in [4.69, 9.17) is 4.98 Å². The number of pyridine rings is 1. The average molecular weight is 634 g/mol. The minimum absolute atomic E-state index is 0.0909. The van der Waals surface area contributed by atoms with Crippen molar-refractivity contribution in [2.45, 2.75) is 6.54 Å². The molecule has 2 aromatic carbocycles. The first-order valence-electron chi connectivity index (χ1n) is 15.8. The lowest BCUT2D eigenvalue weighted by atomic mass is 10.0. The number of fused-ring (bicyclic) bond motifs is 3. The molecule has 13 nitrogen and oxygen atoms in total. The molecule has 1 aromatic heterocycles. The molecule has 1 aliphatic rings. The number of likely N-dealkylation sites (N-methyl/N-ethyl adjacent to an activating group) is 3. The van der Waals surface area contributed by atoms with Crippen molar-refractivity contribution in [1.29, 1.82) is 0 Å². The summed E-state index contributed by atoms with van der Waals surface area (Å²) >= 11 is 0. The number of hydrogen-bond acceptors (Lipinski definition) is 9. The summed E-state index contributed by atoms with van der Waals surface area (Å²) in [4.78, 5) is 63.3. The minimum atomic E-state index is -0.126. The molecule has 4 rings (SSSR count). The summed E-state index contributed by atoms with van der Waals surface area (Å²) in [5.41, 5.74) is 1.70. The lowest BCUT2D eigenvalue weighted by molar-refractivity contribution is -0.124. The van der Waals surface area contributed by atoms with Crippen LogP contribution in [0.5, 0.6) is 0 Å². The number of carbonyl (C=O) groups excluding carboxylic acids is 4. The van der Waals surface area contributed by atoms with Crippen molar-refractivity contribution < 1.29 is 19.2 Å². The molecule has 4 amide bonds. The molecule has 0 atom stereocenters. The van der Waals surface area contributed by atoms with Crippen LogP contribution in [0.25, 0.3) is 21.7 Å². The van der Waals surface area contributed by atoms with Crippen LogP contribution in [-0.2, 0) is 25.7 Å². The zero-order valence-corrected chi connectivity index (χ0v) is 27.2. The summed E-state index contributed by atoms with van der Waals surface area (Å²) in [6.45, 7) is 5.61. The Morgan fingerprint density at radius 1 is 0.543 bits per heavy atom. The Morgan fingerprint density at radius 3 is 1.35 bits per heavy atom. The standard InChI is InChI=1S/C33H47N9O4/c1-34-30(43)21-39-12-14-40(22-31(44)35-2)16-18-42(19-17-41(15-13-39)23-32(45)36-3)24-33(46)37-20-29-27-10-5-4-8-25(27)26-9-6-7-11-28(26)38-29/h4-11H,12-24H2,1-3H3,(H,34,43)(H,35,44)(H,36,45)(H,37,46). The first kappa shape index (κ1) is 34.7. The maximum Gasteiger partial charge on any atom is 0.234 e. The minimum Gasteiger partial charge on any atom is -0.358 e. The van der Waals surface area contributed by atoms with Gasteiger partial charge in [0.1, 0.15) is 0 Å². The Morgan fingerprint density at radius 2 is 0.913 bits per heavy atom. The van der Waals surface area contributed by atoms with E-state index in [0.29, 0.717) is 58.9 Å².